The Morgan fingerprint density at radius 2 is 1.79 bits per heavy atom. The van der Waals surface area contributed by atoms with E-state index in [1.807, 2.05) is 0 Å². The fourth-order valence-corrected chi connectivity index (χ4v) is 1.36. The van der Waals surface area contributed by atoms with Crippen molar-refractivity contribution < 1.29 is 13.0 Å². The summed E-state index contributed by atoms with van der Waals surface area (Å²) in [6, 6.07) is 5.10. The van der Waals surface area contributed by atoms with Crippen molar-refractivity contribution in [3.8, 4) is 0 Å². The molecule has 1 aromatic carbocycles. The van der Waals surface area contributed by atoms with Crippen LogP contribution in [0.1, 0.15) is 0 Å². The average Bonchev–Trinajstić information content (AvgIpc) is 2.15. The van der Waals surface area contributed by atoms with Gasteiger partial charge in [-0.05, 0) is 24.3 Å². The fourth-order valence-electron chi connectivity index (χ4n) is 0.881. The van der Waals surface area contributed by atoms with Crippen LogP contribution >= 0.6 is 0 Å². The molecule has 0 aliphatic heterocycles. The van der Waals surface area contributed by atoms with Gasteiger partial charge in [0.2, 0.25) is 0 Å². The van der Waals surface area contributed by atoms with Crippen LogP contribution in [-0.2, 0) is 10.1 Å². The van der Waals surface area contributed by atoms with Crippen molar-refractivity contribution in [2.75, 3.05) is 12.1 Å². The maximum atomic E-state index is 10.6. The van der Waals surface area contributed by atoms with Crippen LogP contribution in [0.2, 0.25) is 0 Å². The summed E-state index contributed by atoms with van der Waals surface area (Å²) < 4.78 is 29.9. The van der Waals surface area contributed by atoms with E-state index >= 15 is 0 Å². The van der Waals surface area contributed by atoms with Crippen molar-refractivity contribution in [2.24, 2.45) is 5.29 Å². The molecule has 0 atom stereocenters. The highest BCUT2D eigenvalue weighted by Gasteiger charge is 2.09. The van der Waals surface area contributed by atoms with Crippen molar-refractivity contribution in [2.45, 2.75) is 4.90 Å². The van der Waals surface area contributed by atoms with Gasteiger partial charge in [-0.2, -0.15) is 8.42 Å². The number of anilines is 1. The van der Waals surface area contributed by atoms with Crippen molar-refractivity contribution in [1.29, 1.82) is 0 Å². The SMILES string of the molecule is CN(N=O)c1ccc(S(=O)(=O)O)cc1. The molecule has 0 aliphatic rings. The molecule has 0 aromatic heterocycles. The van der Waals surface area contributed by atoms with E-state index < -0.39 is 10.1 Å². The van der Waals surface area contributed by atoms with E-state index in [0.29, 0.717) is 5.69 Å². The Bertz CT molecular complexity index is 426. The Labute approximate surface area is 80.8 Å². The average molecular weight is 216 g/mol. The van der Waals surface area contributed by atoms with Crippen LogP contribution in [0, 0.1) is 4.91 Å². The molecule has 0 amide bonds. The van der Waals surface area contributed by atoms with Crippen LogP contribution in [-0.4, -0.2) is 20.0 Å². The summed E-state index contributed by atoms with van der Waals surface area (Å²) in [6.45, 7) is 0. The molecular weight excluding hydrogens is 208 g/mol. The van der Waals surface area contributed by atoms with Gasteiger partial charge in [0.15, 0.2) is 0 Å². The first-order valence-corrected chi connectivity index (χ1v) is 5.03. The Morgan fingerprint density at radius 3 is 2.14 bits per heavy atom. The van der Waals surface area contributed by atoms with Crippen molar-refractivity contribution in [3.63, 3.8) is 0 Å². The van der Waals surface area contributed by atoms with Gasteiger partial charge in [0.25, 0.3) is 10.1 Å². The number of rotatable bonds is 3. The van der Waals surface area contributed by atoms with Crippen molar-refractivity contribution >= 4 is 15.8 Å². The molecule has 6 nitrogen and oxygen atoms in total. The summed E-state index contributed by atoms with van der Waals surface area (Å²) in [5.74, 6) is 0. The van der Waals surface area contributed by atoms with Crippen LogP contribution in [0.3, 0.4) is 0 Å². The maximum absolute atomic E-state index is 10.6. The highest BCUT2D eigenvalue weighted by atomic mass is 32.2. The molecule has 1 aromatic rings. The first kappa shape index (κ1) is 10.6. The number of hydrogen-bond acceptors (Lipinski definition) is 4. The lowest BCUT2D eigenvalue weighted by Gasteiger charge is -2.07. The zero-order valence-electron chi connectivity index (χ0n) is 7.28. The Balaban J connectivity index is 3.07. The molecule has 0 radical (unpaired) electrons. The molecule has 0 aliphatic carbocycles. The third-order valence-corrected chi connectivity index (χ3v) is 2.50. The number of benzene rings is 1. The Hall–Kier alpha value is -1.47. The second-order valence-electron chi connectivity index (χ2n) is 2.57. The van der Waals surface area contributed by atoms with Gasteiger partial charge in [-0.15, -0.1) is 4.91 Å². The predicted octanol–water partition coefficient (Wildman–Crippen LogP) is 1.05. The van der Waals surface area contributed by atoms with E-state index in [4.69, 9.17) is 4.55 Å². The smallest absolute Gasteiger partial charge is 0.282 e. The summed E-state index contributed by atoms with van der Waals surface area (Å²) in [6.07, 6.45) is 0. The van der Waals surface area contributed by atoms with Crippen LogP contribution in [0.5, 0.6) is 0 Å². The molecule has 0 saturated carbocycles. The molecule has 0 fully saturated rings. The zero-order valence-corrected chi connectivity index (χ0v) is 8.10. The normalized spacial score (nSPS) is 11.0. The van der Waals surface area contributed by atoms with Gasteiger partial charge in [0, 0.05) is 7.05 Å². The highest BCUT2D eigenvalue weighted by Crippen LogP contribution is 2.16. The Kier molecular flexibility index (Phi) is 2.82. The summed E-state index contributed by atoms with van der Waals surface area (Å²) in [7, 11) is -2.75. The molecule has 7 heteroatoms. The standard InChI is InChI=1S/C7H8N2O4S/c1-9(8-10)6-2-4-7(5-3-6)14(11,12)13/h2-5H,1H3,(H,11,12,13). The van der Waals surface area contributed by atoms with E-state index in [1.165, 1.54) is 31.3 Å². The monoisotopic (exact) mass is 216 g/mol. The van der Waals surface area contributed by atoms with Crippen molar-refractivity contribution in [3.05, 3.63) is 29.2 Å². The molecule has 0 saturated heterocycles. The van der Waals surface area contributed by atoms with Gasteiger partial charge in [0.05, 0.1) is 15.9 Å². The maximum Gasteiger partial charge on any atom is 0.294 e. The number of hydrogen-bond donors (Lipinski definition) is 1. The van der Waals surface area contributed by atoms with E-state index in [9.17, 15) is 13.3 Å². The quantitative estimate of drug-likeness (QED) is 0.463. The minimum Gasteiger partial charge on any atom is -0.282 e. The van der Waals surface area contributed by atoms with Gasteiger partial charge in [-0.25, -0.2) is 5.01 Å². The van der Waals surface area contributed by atoms with Crippen LogP contribution in [0.25, 0.3) is 0 Å². The van der Waals surface area contributed by atoms with Crippen LogP contribution < -0.4 is 5.01 Å². The van der Waals surface area contributed by atoms with E-state index in [1.54, 1.807) is 0 Å². The topological polar surface area (TPSA) is 87.0 Å². The first-order chi connectivity index (χ1) is 6.45. The molecule has 1 rings (SSSR count). The van der Waals surface area contributed by atoms with Gasteiger partial charge in [0.1, 0.15) is 0 Å². The van der Waals surface area contributed by atoms with Crippen molar-refractivity contribution in [1.82, 2.24) is 0 Å². The summed E-state index contributed by atoms with van der Waals surface area (Å²) >= 11 is 0. The zero-order chi connectivity index (χ0) is 10.8. The second-order valence-corrected chi connectivity index (χ2v) is 4.00. The van der Waals surface area contributed by atoms with Crippen LogP contribution in [0.4, 0.5) is 5.69 Å². The molecule has 0 spiro atoms. The van der Waals surface area contributed by atoms with Crippen LogP contribution in [0.15, 0.2) is 34.4 Å². The van der Waals surface area contributed by atoms with E-state index in [-0.39, 0.29) is 4.90 Å². The lowest BCUT2D eigenvalue weighted by atomic mass is 10.3. The third-order valence-electron chi connectivity index (χ3n) is 1.63. The van der Waals surface area contributed by atoms with E-state index in [0.717, 1.165) is 5.01 Å². The lowest BCUT2D eigenvalue weighted by Crippen LogP contribution is -2.07. The summed E-state index contributed by atoms with van der Waals surface area (Å²) in [4.78, 5) is 9.87. The van der Waals surface area contributed by atoms with Gasteiger partial charge < -0.3 is 0 Å². The number of nitroso groups, excluding NO2 is 1. The highest BCUT2D eigenvalue weighted by molar-refractivity contribution is 7.85. The molecule has 0 unspecified atom stereocenters. The van der Waals surface area contributed by atoms with Gasteiger partial charge in [-0.3, -0.25) is 4.55 Å². The molecule has 0 heterocycles. The number of nitrogens with zero attached hydrogens (tertiary/aromatic N) is 2. The van der Waals surface area contributed by atoms with E-state index in [2.05, 4.69) is 5.29 Å². The minimum absolute atomic E-state index is 0.222. The summed E-state index contributed by atoms with van der Waals surface area (Å²) in [5, 5.41) is 3.66. The first-order valence-electron chi connectivity index (χ1n) is 3.59. The molecule has 76 valence electrons. The summed E-state index contributed by atoms with van der Waals surface area (Å²) in [5.41, 5.74) is 0.437. The lowest BCUT2D eigenvalue weighted by molar-refractivity contribution is 0.483. The predicted molar refractivity (Wildman–Crippen MR) is 50.5 cm³/mol. The Morgan fingerprint density at radius 1 is 1.29 bits per heavy atom. The molecular formula is C7H8N2O4S. The minimum atomic E-state index is -4.18. The molecule has 14 heavy (non-hydrogen) atoms. The second kappa shape index (κ2) is 3.72. The van der Waals surface area contributed by atoms with Gasteiger partial charge >= 0.3 is 0 Å². The van der Waals surface area contributed by atoms with Gasteiger partial charge in [-0.1, -0.05) is 0 Å². The molecule has 0 bridgehead atoms. The third kappa shape index (κ3) is 2.27. The largest absolute Gasteiger partial charge is 0.294 e. The fraction of sp³-hybridized carbons (Fsp3) is 0.143. The molecule has 1 N–H and O–H groups in total.